The van der Waals surface area contributed by atoms with Crippen LogP contribution < -0.4 is 0 Å². The molecule has 0 aliphatic carbocycles. The fourth-order valence-electron chi connectivity index (χ4n) is 2.95. The van der Waals surface area contributed by atoms with E-state index in [1.165, 1.54) is 0 Å². The molecule has 1 aliphatic heterocycles. The second kappa shape index (κ2) is 6.58. The zero-order valence-electron chi connectivity index (χ0n) is 13.6. The average molecular weight is 370 g/mol. The maximum absolute atomic E-state index is 9.81. The van der Waals surface area contributed by atoms with Gasteiger partial charge >= 0.3 is 0 Å². The van der Waals surface area contributed by atoms with Gasteiger partial charge in [0.25, 0.3) is 0 Å². The molecule has 0 saturated carbocycles. The SMILES string of the molecule is CC1=Nc2c(cnn2Cc2ccccc2Cl)[C@@H](c2cccc(O)c2)S1. The summed E-state index contributed by atoms with van der Waals surface area (Å²) in [5, 5.41) is 16.1. The van der Waals surface area contributed by atoms with Gasteiger partial charge in [-0.05, 0) is 36.2 Å². The molecule has 1 aliphatic rings. The smallest absolute Gasteiger partial charge is 0.156 e. The van der Waals surface area contributed by atoms with Crippen LogP contribution in [0.1, 0.15) is 28.9 Å². The molecule has 1 aromatic heterocycles. The molecule has 4 nitrogen and oxygen atoms in total. The summed E-state index contributed by atoms with van der Waals surface area (Å²) in [6.07, 6.45) is 1.86. The van der Waals surface area contributed by atoms with Crippen molar-refractivity contribution >= 4 is 34.2 Å². The van der Waals surface area contributed by atoms with Crippen LogP contribution in [0.5, 0.6) is 5.75 Å². The van der Waals surface area contributed by atoms with E-state index in [1.807, 2.05) is 54.2 Å². The lowest BCUT2D eigenvalue weighted by atomic mass is 10.1. The predicted octanol–water partition coefficient (Wildman–Crippen LogP) is 5.18. The number of hydrogen-bond acceptors (Lipinski definition) is 4. The highest BCUT2D eigenvalue weighted by molar-refractivity contribution is 8.14. The third kappa shape index (κ3) is 3.17. The molecule has 0 amide bonds. The van der Waals surface area contributed by atoms with Gasteiger partial charge in [0.15, 0.2) is 5.82 Å². The Morgan fingerprint density at radius 1 is 1.20 bits per heavy atom. The quantitative estimate of drug-likeness (QED) is 0.692. The highest BCUT2D eigenvalue weighted by Crippen LogP contribution is 2.45. The van der Waals surface area contributed by atoms with Crippen LogP contribution in [0.4, 0.5) is 5.82 Å². The largest absolute Gasteiger partial charge is 0.508 e. The Balaban J connectivity index is 1.74. The average Bonchev–Trinajstić information content (AvgIpc) is 2.99. The van der Waals surface area contributed by atoms with Crippen LogP contribution in [0, 0.1) is 0 Å². The van der Waals surface area contributed by atoms with Gasteiger partial charge < -0.3 is 5.11 Å². The summed E-state index contributed by atoms with van der Waals surface area (Å²) in [6.45, 7) is 2.57. The van der Waals surface area contributed by atoms with Gasteiger partial charge in [0.05, 0.1) is 23.0 Å². The van der Waals surface area contributed by atoms with Crippen molar-refractivity contribution in [1.29, 1.82) is 0 Å². The van der Waals surface area contributed by atoms with Gasteiger partial charge in [0, 0.05) is 10.6 Å². The number of nitrogens with zero attached hydrogens (tertiary/aromatic N) is 3. The van der Waals surface area contributed by atoms with Gasteiger partial charge in [-0.2, -0.15) is 5.10 Å². The summed E-state index contributed by atoms with van der Waals surface area (Å²) < 4.78 is 1.88. The monoisotopic (exact) mass is 369 g/mol. The molecule has 2 heterocycles. The molecule has 2 aromatic carbocycles. The number of phenols is 1. The van der Waals surface area contributed by atoms with Gasteiger partial charge in [0.2, 0.25) is 0 Å². The molecule has 0 radical (unpaired) electrons. The Hall–Kier alpha value is -2.24. The highest BCUT2D eigenvalue weighted by atomic mass is 35.5. The van der Waals surface area contributed by atoms with Crippen LogP contribution in [-0.4, -0.2) is 19.9 Å². The molecule has 0 saturated heterocycles. The Labute approximate surface area is 155 Å². The van der Waals surface area contributed by atoms with Gasteiger partial charge in [-0.25, -0.2) is 9.67 Å². The van der Waals surface area contributed by atoms with Gasteiger partial charge in [-0.15, -0.1) is 0 Å². The molecule has 25 heavy (non-hydrogen) atoms. The van der Waals surface area contributed by atoms with E-state index in [4.69, 9.17) is 16.6 Å². The van der Waals surface area contributed by atoms with E-state index in [0.29, 0.717) is 6.54 Å². The van der Waals surface area contributed by atoms with Crippen molar-refractivity contribution in [2.45, 2.75) is 18.7 Å². The van der Waals surface area contributed by atoms with E-state index in [0.717, 1.165) is 32.6 Å². The Morgan fingerprint density at radius 2 is 2.04 bits per heavy atom. The molecule has 1 atom stereocenters. The summed E-state index contributed by atoms with van der Waals surface area (Å²) in [7, 11) is 0. The van der Waals surface area contributed by atoms with E-state index in [9.17, 15) is 5.11 Å². The van der Waals surface area contributed by atoms with Crippen molar-refractivity contribution in [3.05, 3.63) is 76.4 Å². The zero-order chi connectivity index (χ0) is 17.4. The van der Waals surface area contributed by atoms with E-state index < -0.39 is 0 Å². The molecule has 0 bridgehead atoms. The van der Waals surface area contributed by atoms with E-state index >= 15 is 0 Å². The lowest BCUT2D eigenvalue weighted by molar-refractivity contribution is 0.474. The maximum Gasteiger partial charge on any atom is 0.156 e. The molecule has 0 unspecified atom stereocenters. The number of halogens is 1. The molecular weight excluding hydrogens is 354 g/mol. The summed E-state index contributed by atoms with van der Waals surface area (Å²) in [5.41, 5.74) is 3.10. The molecule has 3 aromatic rings. The van der Waals surface area contributed by atoms with Crippen molar-refractivity contribution in [3.63, 3.8) is 0 Å². The van der Waals surface area contributed by atoms with Crippen LogP contribution >= 0.6 is 23.4 Å². The highest BCUT2D eigenvalue weighted by Gasteiger charge is 2.27. The molecule has 6 heteroatoms. The first-order valence-electron chi connectivity index (χ1n) is 7.92. The first-order valence-corrected chi connectivity index (χ1v) is 9.17. The van der Waals surface area contributed by atoms with Crippen molar-refractivity contribution in [2.75, 3.05) is 0 Å². The van der Waals surface area contributed by atoms with Crippen molar-refractivity contribution < 1.29 is 5.11 Å². The van der Waals surface area contributed by atoms with E-state index in [1.54, 1.807) is 23.9 Å². The minimum atomic E-state index is 0.0691. The minimum absolute atomic E-state index is 0.0691. The van der Waals surface area contributed by atoms with Crippen molar-refractivity contribution in [3.8, 4) is 5.75 Å². The summed E-state index contributed by atoms with van der Waals surface area (Å²) in [4.78, 5) is 4.70. The van der Waals surface area contributed by atoms with Gasteiger partial charge in [0.1, 0.15) is 5.75 Å². The van der Waals surface area contributed by atoms with Crippen LogP contribution in [-0.2, 0) is 6.54 Å². The fourth-order valence-corrected chi connectivity index (χ4v) is 4.20. The molecule has 0 spiro atoms. The molecule has 4 rings (SSSR count). The summed E-state index contributed by atoms with van der Waals surface area (Å²) >= 11 is 7.96. The molecular formula is C19H16ClN3OS. The molecule has 0 fully saturated rings. The fraction of sp³-hybridized carbons (Fsp3) is 0.158. The maximum atomic E-state index is 9.81. The number of aromatic nitrogens is 2. The van der Waals surface area contributed by atoms with Crippen molar-refractivity contribution in [1.82, 2.24) is 9.78 Å². The second-order valence-corrected chi connectivity index (χ2v) is 7.60. The number of phenolic OH excluding ortho intramolecular Hbond substituents is 1. The minimum Gasteiger partial charge on any atom is -0.508 e. The van der Waals surface area contributed by atoms with Crippen molar-refractivity contribution in [2.24, 2.45) is 4.99 Å². The number of benzene rings is 2. The van der Waals surface area contributed by atoms with E-state index in [-0.39, 0.29) is 11.0 Å². The number of thioether (sulfide) groups is 1. The number of rotatable bonds is 3. The number of hydrogen-bond donors (Lipinski definition) is 1. The number of aliphatic imine (C=N–C) groups is 1. The van der Waals surface area contributed by atoms with Gasteiger partial charge in [-0.3, -0.25) is 0 Å². The number of fused-ring (bicyclic) bond motifs is 1. The molecule has 1 N–H and O–H groups in total. The third-order valence-corrected chi connectivity index (χ3v) is 5.69. The van der Waals surface area contributed by atoms with Crippen LogP contribution in [0.3, 0.4) is 0 Å². The first-order chi connectivity index (χ1) is 12.1. The third-order valence-electron chi connectivity index (χ3n) is 4.12. The molecule has 126 valence electrons. The zero-order valence-corrected chi connectivity index (χ0v) is 15.1. The lowest BCUT2D eigenvalue weighted by Gasteiger charge is -2.21. The van der Waals surface area contributed by atoms with Crippen LogP contribution in [0.25, 0.3) is 0 Å². The Morgan fingerprint density at radius 3 is 2.84 bits per heavy atom. The van der Waals surface area contributed by atoms with E-state index in [2.05, 4.69) is 5.10 Å². The van der Waals surface area contributed by atoms with Crippen LogP contribution in [0.15, 0.2) is 59.7 Å². The lowest BCUT2D eigenvalue weighted by Crippen LogP contribution is -2.07. The summed E-state index contributed by atoms with van der Waals surface area (Å²) in [5.74, 6) is 1.12. The van der Waals surface area contributed by atoms with Crippen LogP contribution in [0.2, 0.25) is 5.02 Å². The summed E-state index contributed by atoms with van der Waals surface area (Å²) in [6, 6.07) is 15.1. The normalized spacial score (nSPS) is 16.4. The Bertz CT molecular complexity index is 967. The van der Waals surface area contributed by atoms with Gasteiger partial charge in [-0.1, -0.05) is 53.7 Å². The Kier molecular flexibility index (Phi) is 4.27. The second-order valence-electron chi connectivity index (χ2n) is 5.90. The topological polar surface area (TPSA) is 50.4 Å². The number of aromatic hydroxyl groups is 1. The standard InChI is InChI=1S/C19H16ClN3OS/c1-12-22-19-16(18(25-12)13-6-4-7-15(24)9-13)10-21-23(19)11-14-5-2-3-8-17(14)20/h2-10,18,24H,11H2,1H3/t18-/m1/s1. The first kappa shape index (κ1) is 16.2. The predicted molar refractivity (Wildman–Crippen MR) is 103 cm³/mol.